The van der Waals surface area contributed by atoms with Crippen LogP contribution in [-0.2, 0) is 13.6 Å². The molecule has 2 heterocycles. The van der Waals surface area contributed by atoms with Crippen molar-refractivity contribution < 1.29 is 4.39 Å². The summed E-state index contributed by atoms with van der Waals surface area (Å²) in [5.41, 5.74) is 3.89. The molecule has 0 spiro atoms. The normalized spacial score (nSPS) is 21.1. The van der Waals surface area contributed by atoms with Gasteiger partial charge in [-0.05, 0) is 43.4 Å². The van der Waals surface area contributed by atoms with E-state index in [0.717, 1.165) is 19.6 Å². The number of aromatic nitrogens is 1. The summed E-state index contributed by atoms with van der Waals surface area (Å²) in [6.07, 6.45) is 2.30. The summed E-state index contributed by atoms with van der Waals surface area (Å²) in [5.74, 6) is 0.298. The second-order valence-corrected chi connectivity index (χ2v) is 7.67. The summed E-state index contributed by atoms with van der Waals surface area (Å²) in [6.45, 7) is 2.92. The van der Waals surface area contributed by atoms with Gasteiger partial charge in [0.2, 0.25) is 0 Å². The van der Waals surface area contributed by atoms with Gasteiger partial charge < -0.3 is 9.47 Å². The van der Waals surface area contributed by atoms with Crippen LogP contribution in [0.1, 0.15) is 17.0 Å². The van der Waals surface area contributed by atoms with Gasteiger partial charge in [-0.15, -0.1) is 0 Å². The van der Waals surface area contributed by atoms with E-state index in [4.69, 9.17) is 0 Å². The van der Waals surface area contributed by atoms with E-state index in [9.17, 15) is 4.39 Å². The molecule has 0 radical (unpaired) electrons. The van der Waals surface area contributed by atoms with Crippen molar-refractivity contribution in [3.63, 3.8) is 0 Å². The van der Waals surface area contributed by atoms with Crippen molar-refractivity contribution in [3.8, 4) is 0 Å². The lowest BCUT2D eigenvalue weighted by molar-refractivity contribution is 0.260. The minimum absolute atomic E-state index is 0.171. The molecule has 136 valence electrons. The average Bonchev–Trinajstić information content (AvgIpc) is 3.19. The molecule has 0 aliphatic carbocycles. The highest BCUT2D eigenvalue weighted by atomic mass is 19.1. The molecule has 4 rings (SSSR count). The highest BCUT2D eigenvalue weighted by Gasteiger charge is 2.36. The maximum absolute atomic E-state index is 13.2. The number of para-hydroxylation sites is 1. The Morgan fingerprint density at radius 3 is 2.50 bits per heavy atom. The van der Waals surface area contributed by atoms with Crippen LogP contribution in [0, 0.1) is 5.82 Å². The first-order valence-corrected chi connectivity index (χ1v) is 9.20. The Labute approximate surface area is 154 Å². The van der Waals surface area contributed by atoms with Crippen LogP contribution in [-0.4, -0.2) is 47.6 Å². The fourth-order valence-electron chi connectivity index (χ4n) is 4.34. The van der Waals surface area contributed by atoms with Gasteiger partial charge in [0.25, 0.3) is 0 Å². The highest BCUT2D eigenvalue weighted by Crippen LogP contribution is 2.36. The number of likely N-dealkylation sites (N-methyl/N-ethyl adjacent to an activating group) is 1. The molecule has 1 aliphatic heterocycles. The number of hydrogen-bond acceptors (Lipinski definition) is 2. The predicted octanol–water partition coefficient (Wildman–Crippen LogP) is 3.85. The average molecular weight is 351 g/mol. The third-order valence-corrected chi connectivity index (χ3v) is 5.67. The van der Waals surface area contributed by atoms with E-state index < -0.39 is 0 Å². The minimum atomic E-state index is -0.171. The van der Waals surface area contributed by atoms with E-state index >= 15 is 0 Å². The highest BCUT2D eigenvalue weighted by molar-refractivity contribution is 5.84. The molecule has 0 unspecified atom stereocenters. The van der Waals surface area contributed by atoms with Gasteiger partial charge in [0.05, 0.1) is 0 Å². The molecule has 1 aromatic heterocycles. The van der Waals surface area contributed by atoms with Gasteiger partial charge in [-0.25, -0.2) is 4.39 Å². The van der Waals surface area contributed by atoms with Crippen LogP contribution in [0.25, 0.3) is 10.9 Å². The van der Waals surface area contributed by atoms with Gasteiger partial charge >= 0.3 is 0 Å². The Bertz CT molecular complexity index is 897. The molecule has 2 atom stereocenters. The fourth-order valence-corrected chi connectivity index (χ4v) is 4.34. The summed E-state index contributed by atoms with van der Waals surface area (Å²) < 4.78 is 15.4. The van der Waals surface area contributed by atoms with Crippen molar-refractivity contribution in [3.05, 3.63) is 71.7 Å². The Kier molecular flexibility index (Phi) is 4.55. The van der Waals surface area contributed by atoms with Gasteiger partial charge in [-0.1, -0.05) is 30.3 Å². The molecule has 0 amide bonds. The number of fused-ring (bicyclic) bond motifs is 1. The SMILES string of the molecule is CN(C)[C@@H]1CN(Cc2ccc(F)cc2)C[C@H]1c1cn(C)c2ccccc12. The van der Waals surface area contributed by atoms with Gasteiger partial charge in [-0.2, -0.15) is 0 Å². The van der Waals surface area contributed by atoms with Crippen molar-refractivity contribution in [2.24, 2.45) is 7.05 Å². The van der Waals surface area contributed by atoms with E-state index in [-0.39, 0.29) is 5.82 Å². The second-order valence-electron chi connectivity index (χ2n) is 7.67. The van der Waals surface area contributed by atoms with E-state index in [2.05, 4.69) is 66.0 Å². The Hall–Kier alpha value is -2.17. The minimum Gasteiger partial charge on any atom is -0.350 e. The van der Waals surface area contributed by atoms with Gasteiger partial charge in [0.1, 0.15) is 5.82 Å². The summed E-state index contributed by atoms with van der Waals surface area (Å²) in [7, 11) is 6.47. The molecule has 3 aromatic rings. The van der Waals surface area contributed by atoms with Crippen molar-refractivity contribution in [2.75, 3.05) is 27.2 Å². The zero-order chi connectivity index (χ0) is 18.3. The number of hydrogen-bond donors (Lipinski definition) is 0. The van der Waals surface area contributed by atoms with Crippen LogP contribution >= 0.6 is 0 Å². The molecule has 3 nitrogen and oxygen atoms in total. The first-order chi connectivity index (χ1) is 12.5. The third kappa shape index (κ3) is 3.15. The zero-order valence-corrected chi connectivity index (χ0v) is 15.7. The largest absolute Gasteiger partial charge is 0.350 e. The molecule has 1 saturated heterocycles. The van der Waals surface area contributed by atoms with Crippen LogP contribution < -0.4 is 0 Å². The standard InChI is InChI=1S/C22H26FN3/c1-24(2)22-15-26(12-16-8-10-17(23)11-9-16)14-20(22)19-13-25(3)21-7-5-4-6-18(19)21/h4-11,13,20,22H,12,14-15H2,1-3H3/t20-,22+/m0/s1. The lowest BCUT2D eigenvalue weighted by atomic mass is 9.93. The van der Waals surface area contributed by atoms with Crippen molar-refractivity contribution >= 4 is 10.9 Å². The van der Waals surface area contributed by atoms with E-state index in [1.165, 1.54) is 22.0 Å². The lowest BCUT2D eigenvalue weighted by Gasteiger charge is -2.25. The maximum Gasteiger partial charge on any atom is 0.123 e. The van der Waals surface area contributed by atoms with Crippen molar-refractivity contribution in [1.29, 1.82) is 0 Å². The Balaban J connectivity index is 1.63. The molecule has 0 saturated carbocycles. The first kappa shape index (κ1) is 17.3. The van der Waals surface area contributed by atoms with Crippen LogP contribution in [0.4, 0.5) is 4.39 Å². The molecular weight excluding hydrogens is 325 g/mol. The maximum atomic E-state index is 13.2. The number of halogens is 1. The topological polar surface area (TPSA) is 11.4 Å². The molecule has 2 aromatic carbocycles. The molecular formula is C22H26FN3. The van der Waals surface area contributed by atoms with E-state index in [0.29, 0.717) is 12.0 Å². The summed E-state index contributed by atoms with van der Waals surface area (Å²) in [4.78, 5) is 4.83. The van der Waals surface area contributed by atoms with Crippen LogP contribution in [0.5, 0.6) is 0 Å². The van der Waals surface area contributed by atoms with Gasteiger partial charge in [0.15, 0.2) is 0 Å². The summed E-state index contributed by atoms with van der Waals surface area (Å²) >= 11 is 0. The Morgan fingerprint density at radius 2 is 1.77 bits per heavy atom. The molecule has 0 bridgehead atoms. The molecule has 4 heteroatoms. The Morgan fingerprint density at radius 1 is 1.04 bits per heavy atom. The lowest BCUT2D eigenvalue weighted by Crippen LogP contribution is -2.34. The molecule has 1 aliphatic rings. The number of nitrogens with zero attached hydrogens (tertiary/aromatic N) is 3. The molecule has 26 heavy (non-hydrogen) atoms. The summed E-state index contributed by atoms with van der Waals surface area (Å²) in [6, 6.07) is 16.0. The number of benzene rings is 2. The van der Waals surface area contributed by atoms with Gasteiger partial charge in [-0.3, -0.25) is 4.90 Å². The van der Waals surface area contributed by atoms with Crippen LogP contribution in [0.15, 0.2) is 54.7 Å². The molecule has 0 N–H and O–H groups in total. The number of aryl methyl sites for hydroxylation is 1. The van der Waals surface area contributed by atoms with Gasteiger partial charge in [0, 0.05) is 55.7 Å². The summed E-state index contributed by atoms with van der Waals surface area (Å²) in [5, 5.41) is 1.36. The fraction of sp³-hybridized carbons (Fsp3) is 0.364. The smallest absolute Gasteiger partial charge is 0.123 e. The number of likely N-dealkylation sites (tertiary alicyclic amines) is 1. The van der Waals surface area contributed by atoms with E-state index in [1.807, 2.05) is 12.1 Å². The molecule has 1 fully saturated rings. The van der Waals surface area contributed by atoms with Crippen molar-refractivity contribution in [1.82, 2.24) is 14.4 Å². The van der Waals surface area contributed by atoms with Crippen LogP contribution in [0.2, 0.25) is 0 Å². The quantitative estimate of drug-likeness (QED) is 0.707. The monoisotopic (exact) mass is 351 g/mol. The second kappa shape index (κ2) is 6.86. The predicted molar refractivity (Wildman–Crippen MR) is 105 cm³/mol. The number of rotatable bonds is 4. The van der Waals surface area contributed by atoms with Crippen LogP contribution in [0.3, 0.4) is 0 Å². The van der Waals surface area contributed by atoms with Crippen molar-refractivity contribution in [2.45, 2.75) is 18.5 Å². The zero-order valence-electron chi connectivity index (χ0n) is 15.7. The third-order valence-electron chi connectivity index (χ3n) is 5.67. The first-order valence-electron chi connectivity index (χ1n) is 9.20. The van der Waals surface area contributed by atoms with E-state index in [1.54, 1.807) is 12.1 Å².